The minimum Gasteiger partial charge on any atom is -0.385 e. The summed E-state index contributed by atoms with van der Waals surface area (Å²) in [6.07, 6.45) is 4.69. The van der Waals surface area contributed by atoms with E-state index in [0.717, 1.165) is 38.0 Å². The summed E-state index contributed by atoms with van der Waals surface area (Å²) in [5.41, 5.74) is 5.38. The van der Waals surface area contributed by atoms with Crippen molar-refractivity contribution in [2.24, 2.45) is 0 Å². The number of nitrogens with one attached hydrogen (secondary N) is 1. The summed E-state index contributed by atoms with van der Waals surface area (Å²) in [5, 5.41) is 3.42. The topological polar surface area (TPSA) is 45.2 Å². The van der Waals surface area contributed by atoms with Gasteiger partial charge < -0.3 is 10.2 Å². The van der Waals surface area contributed by atoms with Crippen molar-refractivity contribution in [3.8, 4) is 0 Å². The second kappa shape index (κ2) is 8.70. The molecule has 1 amide bonds. The first-order valence-corrected chi connectivity index (χ1v) is 9.89. The molecular weight excluding hydrogens is 346 g/mol. The Labute approximate surface area is 166 Å². The first-order valence-electron chi connectivity index (χ1n) is 9.89. The van der Waals surface area contributed by atoms with Gasteiger partial charge in [-0.3, -0.25) is 9.78 Å². The number of hydrogen-bond acceptors (Lipinski definition) is 3. The molecule has 0 atom stereocenters. The number of hydrogen-bond donors (Lipinski definition) is 1. The normalized spacial score (nSPS) is 13.1. The SMILES string of the molecule is O=C(c1cc(NCCCc2ccccc2)ccn1)N1CCc2ccccc2C1. The van der Waals surface area contributed by atoms with E-state index in [-0.39, 0.29) is 5.91 Å². The molecule has 0 radical (unpaired) electrons. The summed E-state index contributed by atoms with van der Waals surface area (Å²) < 4.78 is 0. The number of amides is 1. The molecule has 28 heavy (non-hydrogen) atoms. The van der Waals surface area contributed by atoms with Crippen LogP contribution >= 0.6 is 0 Å². The van der Waals surface area contributed by atoms with Crippen LogP contribution in [-0.4, -0.2) is 28.9 Å². The quantitative estimate of drug-likeness (QED) is 0.656. The van der Waals surface area contributed by atoms with Crippen LogP contribution in [0, 0.1) is 0 Å². The van der Waals surface area contributed by atoms with Crippen LogP contribution < -0.4 is 5.32 Å². The first kappa shape index (κ1) is 18.2. The zero-order valence-corrected chi connectivity index (χ0v) is 16.0. The molecule has 0 saturated carbocycles. The second-order valence-electron chi connectivity index (χ2n) is 7.19. The lowest BCUT2D eigenvalue weighted by Gasteiger charge is -2.28. The van der Waals surface area contributed by atoms with E-state index in [9.17, 15) is 4.79 Å². The molecule has 4 heteroatoms. The Bertz CT molecular complexity index is 939. The molecule has 0 bridgehead atoms. The van der Waals surface area contributed by atoms with E-state index in [1.807, 2.05) is 29.2 Å². The Morgan fingerprint density at radius 2 is 1.79 bits per heavy atom. The molecule has 1 aromatic heterocycles. The Morgan fingerprint density at radius 3 is 2.64 bits per heavy atom. The van der Waals surface area contributed by atoms with Crippen molar-refractivity contribution in [2.75, 3.05) is 18.4 Å². The number of aryl methyl sites for hydroxylation is 1. The van der Waals surface area contributed by atoms with E-state index in [1.165, 1.54) is 16.7 Å². The van der Waals surface area contributed by atoms with Crippen molar-refractivity contribution in [1.29, 1.82) is 0 Å². The number of benzene rings is 2. The minimum atomic E-state index is 0.00226. The van der Waals surface area contributed by atoms with E-state index < -0.39 is 0 Å². The van der Waals surface area contributed by atoms with Crippen LogP contribution in [0.3, 0.4) is 0 Å². The van der Waals surface area contributed by atoms with Gasteiger partial charge in [0.1, 0.15) is 5.69 Å². The molecule has 4 rings (SSSR count). The fraction of sp³-hybridized carbons (Fsp3) is 0.250. The highest BCUT2D eigenvalue weighted by atomic mass is 16.2. The van der Waals surface area contributed by atoms with Gasteiger partial charge in [-0.1, -0.05) is 54.6 Å². The molecule has 0 fully saturated rings. The van der Waals surface area contributed by atoms with E-state index >= 15 is 0 Å². The van der Waals surface area contributed by atoms with E-state index in [2.05, 4.69) is 52.8 Å². The molecule has 1 aliphatic rings. The monoisotopic (exact) mass is 371 g/mol. The molecule has 2 aromatic carbocycles. The molecule has 0 aliphatic carbocycles. The number of carbonyl (C=O) groups is 1. The summed E-state index contributed by atoms with van der Waals surface area (Å²) in [7, 11) is 0. The highest BCUT2D eigenvalue weighted by Crippen LogP contribution is 2.20. The number of fused-ring (bicyclic) bond motifs is 1. The van der Waals surface area contributed by atoms with Crippen molar-refractivity contribution in [2.45, 2.75) is 25.8 Å². The molecule has 0 saturated heterocycles. The van der Waals surface area contributed by atoms with Crippen molar-refractivity contribution in [1.82, 2.24) is 9.88 Å². The standard InChI is InChI=1S/C24H25N3O/c28-24(27-16-13-20-10-4-5-11-21(20)18-27)23-17-22(12-15-26-23)25-14-6-9-19-7-2-1-3-8-19/h1-5,7-8,10-12,15,17H,6,9,13-14,16,18H2,(H,25,26). The van der Waals surface area contributed by atoms with Gasteiger partial charge in [0, 0.05) is 31.5 Å². The number of carbonyl (C=O) groups excluding carboxylic acids is 1. The van der Waals surface area contributed by atoms with Crippen molar-refractivity contribution in [3.63, 3.8) is 0 Å². The van der Waals surface area contributed by atoms with Gasteiger partial charge in [0.25, 0.3) is 5.91 Å². The van der Waals surface area contributed by atoms with Crippen LogP contribution in [-0.2, 0) is 19.4 Å². The van der Waals surface area contributed by atoms with Gasteiger partial charge in [-0.25, -0.2) is 0 Å². The summed E-state index contributed by atoms with van der Waals surface area (Å²) in [4.78, 5) is 19.1. The van der Waals surface area contributed by atoms with Crippen molar-refractivity contribution in [3.05, 3.63) is 95.3 Å². The predicted octanol–water partition coefficient (Wildman–Crippen LogP) is 4.32. The number of nitrogens with zero attached hydrogens (tertiary/aromatic N) is 2. The number of aromatic nitrogens is 1. The maximum Gasteiger partial charge on any atom is 0.272 e. The van der Waals surface area contributed by atoms with Crippen molar-refractivity contribution < 1.29 is 4.79 Å². The van der Waals surface area contributed by atoms with Crippen LogP contribution in [0.25, 0.3) is 0 Å². The lowest BCUT2D eigenvalue weighted by atomic mass is 10.00. The zero-order valence-electron chi connectivity index (χ0n) is 16.0. The largest absolute Gasteiger partial charge is 0.385 e. The Balaban J connectivity index is 1.34. The Kier molecular flexibility index (Phi) is 5.66. The number of anilines is 1. The van der Waals surface area contributed by atoms with Gasteiger partial charge in [0.15, 0.2) is 0 Å². The molecule has 0 unspecified atom stereocenters. The predicted molar refractivity (Wildman–Crippen MR) is 112 cm³/mol. The average Bonchev–Trinajstić information content (AvgIpc) is 2.77. The highest BCUT2D eigenvalue weighted by Gasteiger charge is 2.22. The fourth-order valence-corrected chi connectivity index (χ4v) is 3.66. The van der Waals surface area contributed by atoms with Crippen LogP contribution in [0.1, 0.15) is 33.6 Å². The van der Waals surface area contributed by atoms with Crippen LogP contribution in [0.5, 0.6) is 0 Å². The molecule has 1 aliphatic heterocycles. The fourth-order valence-electron chi connectivity index (χ4n) is 3.66. The Morgan fingerprint density at radius 1 is 1.00 bits per heavy atom. The van der Waals surface area contributed by atoms with Gasteiger partial charge in [0.05, 0.1) is 0 Å². The molecule has 2 heterocycles. The van der Waals surface area contributed by atoms with E-state index in [4.69, 9.17) is 0 Å². The molecule has 1 N–H and O–H groups in total. The summed E-state index contributed by atoms with van der Waals surface area (Å²) in [5.74, 6) is 0.00226. The third-order valence-corrected chi connectivity index (χ3v) is 5.21. The van der Waals surface area contributed by atoms with Crippen LogP contribution in [0.4, 0.5) is 5.69 Å². The number of pyridine rings is 1. The van der Waals surface area contributed by atoms with E-state index in [1.54, 1.807) is 6.20 Å². The maximum atomic E-state index is 12.9. The zero-order chi connectivity index (χ0) is 19.2. The summed E-state index contributed by atoms with van der Waals surface area (Å²) in [6, 6.07) is 22.6. The minimum absolute atomic E-state index is 0.00226. The molecule has 0 spiro atoms. The molecule has 4 nitrogen and oxygen atoms in total. The first-order chi connectivity index (χ1) is 13.8. The molecule has 142 valence electrons. The van der Waals surface area contributed by atoms with E-state index in [0.29, 0.717) is 12.2 Å². The molecule has 3 aromatic rings. The second-order valence-corrected chi connectivity index (χ2v) is 7.19. The maximum absolute atomic E-state index is 12.9. The van der Waals surface area contributed by atoms with Crippen LogP contribution in [0.15, 0.2) is 72.9 Å². The number of rotatable bonds is 6. The van der Waals surface area contributed by atoms with Gasteiger partial charge in [0.2, 0.25) is 0 Å². The summed E-state index contributed by atoms with van der Waals surface area (Å²) >= 11 is 0. The lowest BCUT2D eigenvalue weighted by Crippen LogP contribution is -2.36. The lowest BCUT2D eigenvalue weighted by molar-refractivity contribution is 0.0729. The molecular formula is C24H25N3O. The van der Waals surface area contributed by atoms with Crippen LogP contribution in [0.2, 0.25) is 0 Å². The average molecular weight is 371 g/mol. The van der Waals surface area contributed by atoms with Gasteiger partial charge in [-0.05, 0) is 48.1 Å². The van der Waals surface area contributed by atoms with Gasteiger partial charge in [-0.15, -0.1) is 0 Å². The smallest absolute Gasteiger partial charge is 0.272 e. The Hall–Kier alpha value is -3.14. The third-order valence-electron chi connectivity index (χ3n) is 5.21. The van der Waals surface area contributed by atoms with Crippen molar-refractivity contribution >= 4 is 11.6 Å². The van der Waals surface area contributed by atoms with Gasteiger partial charge >= 0.3 is 0 Å². The van der Waals surface area contributed by atoms with Gasteiger partial charge in [-0.2, -0.15) is 0 Å². The summed E-state index contributed by atoms with van der Waals surface area (Å²) in [6.45, 7) is 2.27. The highest BCUT2D eigenvalue weighted by molar-refractivity contribution is 5.93. The third kappa shape index (κ3) is 4.39.